The lowest BCUT2D eigenvalue weighted by Crippen LogP contribution is -2.42. The van der Waals surface area contributed by atoms with Crippen molar-refractivity contribution < 1.29 is 14.3 Å². The maximum Gasteiger partial charge on any atom is 0.321 e. The molecule has 4 nitrogen and oxygen atoms in total. The van der Waals surface area contributed by atoms with E-state index < -0.39 is 5.41 Å². The molecular weight excluding hydrogens is 242 g/mol. The minimum absolute atomic E-state index is 0.00520. The molecule has 0 spiro atoms. The van der Waals surface area contributed by atoms with E-state index in [-0.39, 0.29) is 11.8 Å². The first-order valence-electron chi connectivity index (χ1n) is 6.68. The van der Waals surface area contributed by atoms with Crippen LogP contribution in [0.15, 0.2) is 30.3 Å². The Morgan fingerprint density at radius 2 is 2.11 bits per heavy atom. The molecule has 1 aliphatic rings. The minimum Gasteiger partial charge on any atom is -0.465 e. The van der Waals surface area contributed by atoms with Gasteiger partial charge in [-0.05, 0) is 31.9 Å². The lowest BCUT2D eigenvalue weighted by Gasteiger charge is -2.25. The molecule has 1 atom stereocenters. The quantitative estimate of drug-likeness (QED) is 0.653. The molecule has 102 valence electrons. The molecule has 0 bridgehead atoms. The van der Waals surface area contributed by atoms with Gasteiger partial charge in [0, 0.05) is 18.7 Å². The van der Waals surface area contributed by atoms with E-state index >= 15 is 0 Å². The van der Waals surface area contributed by atoms with Gasteiger partial charge in [-0.2, -0.15) is 0 Å². The Morgan fingerprint density at radius 3 is 2.68 bits per heavy atom. The minimum atomic E-state index is -0.994. The molecule has 0 amide bonds. The SMILES string of the molecule is CCOC(=O)C1(CNc2ccccc2)CCCC1=O. The van der Waals surface area contributed by atoms with Gasteiger partial charge < -0.3 is 10.1 Å². The molecular formula is C15H19NO3. The average molecular weight is 261 g/mol. The summed E-state index contributed by atoms with van der Waals surface area (Å²) in [6.07, 6.45) is 1.80. The zero-order valence-electron chi connectivity index (χ0n) is 11.1. The van der Waals surface area contributed by atoms with Crippen LogP contribution in [0.1, 0.15) is 26.2 Å². The number of nitrogens with one attached hydrogen (secondary N) is 1. The van der Waals surface area contributed by atoms with Crippen molar-refractivity contribution in [3.05, 3.63) is 30.3 Å². The Kier molecular flexibility index (Phi) is 4.20. The molecule has 4 heteroatoms. The Morgan fingerprint density at radius 1 is 1.37 bits per heavy atom. The standard InChI is InChI=1S/C15H19NO3/c1-2-19-14(18)15(10-6-9-13(15)17)11-16-12-7-4-3-5-8-12/h3-5,7-8,16H,2,6,9-11H2,1H3. The second-order valence-electron chi connectivity index (χ2n) is 4.80. The highest BCUT2D eigenvalue weighted by Crippen LogP contribution is 2.36. The summed E-state index contributed by atoms with van der Waals surface area (Å²) in [6, 6.07) is 9.58. The van der Waals surface area contributed by atoms with Crippen LogP contribution >= 0.6 is 0 Å². The van der Waals surface area contributed by atoms with Crippen molar-refractivity contribution in [2.24, 2.45) is 5.41 Å². The molecule has 0 radical (unpaired) electrons. The molecule has 19 heavy (non-hydrogen) atoms. The van der Waals surface area contributed by atoms with E-state index in [2.05, 4.69) is 5.32 Å². The van der Waals surface area contributed by atoms with Gasteiger partial charge in [0.25, 0.3) is 0 Å². The average Bonchev–Trinajstić information content (AvgIpc) is 2.80. The molecule has 1 unspecified atom stereocenters. The van der Waals surface area contributed by atoms with Crippen molar-refractivity contribution in [1.82, 2.24) is 0 Å². The van der Waals surface area contributed by atoms with Gasteiger partial charge in [-0.15, -0.1) is 0 Å². The normalized spacial score (nSPS) is 22.3. The fraction of sp³-hybridized carbons (Fsp3) is 0.467. The fourth-order valence-corrected chi connectivity index (χ4v) is 2.48. The molecule has 0 aromatic heterocycles. The van der Waals surface area contributed by atoms with E-state index in [9.17, 15) is 9.59 Å². The van der Waals surface area contributed by atoms with Gasteiger partial charge in [0.15, 0.2) is 5.78 Å². The first-order chi connectivity index (χ1) is 9.19. The van der Waals surface area contributed by atoms with Crippen molar-refractivity contribution in [3.8, 4) is 0 Å². The van der Waals surface area contributed by atoms with E-state index in [1.54, 1.807) is 6.92 Å². The number of hydrogen-bond acceptors (Lipinski definition) is 4. The number of hydrogen-bond donors (Lipinski definition) is 1. The Hall–Kier alpha value is -1.84. The van der Waals surface area contributed by atoms with E-state index in [0.29, 0.717) is 26.0 Å². The van der Waals surface area contributed by atoms with Gasteiger partial charge in [-0.25, -0.2) is 0 Å². The number of esters is 1. The number of Topliss-reactive ketones (excluding diaryl/α,β-unsaturated/α-hetero) is 1. The van der Waals surface area contributed by atoms with E-state index in [1.165, 1.54) is 0 Å². The van der Waals surface area contributed by atoms with Crippen LogP contribution < -0.4 is 5.32 Å². The molecule has 0 aliphatic heterocycles. The molecule has 2 rings (SSSR count). The van der Waals surface area contributed by atoms with Gasteiger partial charge in [0.05, 0.1) is 6.61 Å². The van der Waals surface area contributed by atoms with Gasteiger partial charge in [0.1, 0.15) is 5.41 Å². The number of anilines is 1. The number of ether oxygens (including phenoxy) is 1. The number of carbonyl (C=O) groups is 2. The second-order valence-corrected chi connectivity index (χ2v) is 4.80. The summed E-state index contributed by atoms with van der Waals surface area (Å²) in [5, 5.41) is 3.18. The summed E-state index contributed by atoms with van der Waals surface area (Å²) in [5.41, 5.74) is -0.0860. The number of carbonyl (C=O) groups excluding carboxylic acids is 2. The Bertz CT molecular complexity index is 458. The summed E-state index contributed by atoms with van der Waals surface area (Å²) in [6.45, 7) is 2.38. The first-order valence-corrected chi connectivity index (χ1v) is 6.68. The molecule has 0 heterocycles. The van der Waals surface area contributed by atoms with Crippen LogP contribution in [0.2, 0.25) is 0 Å². The van der Waals surface area contributed by atoms with Crippen molar-refractivity contribution in [3.63, 3.8) is 0 Å². The number of para-hydroxylation sites is 1. The van der Waals surface area contributed by atoms with Crippen LogP contribution in [0.25, 0.3) is 0 Å². The van der Waals surface area contributed by atoms with Crippen LogP contribution in [-0.2, 0) is 14.3 Å². The molecule has 1 aromatic carbocycles. The Balaban J connectivity index is 2.11. The molecule has 1 aromatic rings. The zero-order chi connectivity index (χ0) is 13.7. The maximum absolute atomic E-state index is 12.1. The van der Waals surface area contributed by atoms with Crippen molar-refractivity contribution in [2.75, 3.05) is 18.5 Å². The van der Waals surface area contributed by atoms with Crippen LogP contribution in [0.5, 0.6) is 0 Å². The third kappa shape index (κ3) is 2.78. The van der Waals surface area contributed by atoms with Crippen molar-refractivity contribution in [1.29, 1.82) is 0 Å². The predicted molar refractivity (Wildman–Crippen MR) is 72.9 cm³/mol. The van der Waals surface area contributed by atoms with Crippen LogP contribution in [0, 0.1) is 5.41 Å². The smallest absolute Gasteiger partial charge is 0.321 e. The van der Waals surface area contributed by atoms with Gasteiger partial charge >= 0.3 is 5.97 Å². The van der Waals surface area contributed by atoms with Crippen molar-refractivity contribution in [2.45, 2.75) is 26.2 Å². The molecule has 1 aliphatic carbocycles. The third-order valence-corrected chi connectivity index (χ3v) is 3.58. The number of ketones is 1. The highest BCUT2D eigenvalue weighted by Gasteiger charge is 2.49. The molecule has 1 saturated carbocycles. The van der Waals surface area contributed by atoms with Gasteiger partial charge in [-0.3, -0.25) is 9.59 Å². The number of benzene rings is 1. The van der Waals surface area contributed by atoms with Gasteiger partial charge in [0.2, 0.25) is 0 Å². The fourth-order valence-electron chi connectivity index (χ4n) is 2.48. The zero-order valence-corrected chi connectivity index (χ0v) is 11.1. The summed E-state index contributed by atoms with van der Waals surface area (Å²) in [5.74, 6) is -0.393. The topological polar surface area (TPSA) is 55.4 Å². The summed E-state index contributed by atoms with van der Waals surface area (Å²) in [7, 11) is 0. The van der Waals surface area contributed by atoms with E-state index in [1.807, 2.05) is 30.3 Å². The summed E-state index contributed by atoms with van der Waals surface area (Å²) in [4.78, 5) is 24.2. The molecule has 1 N–H and O–H groups in total. The molecule has 0 saturated heterocycles. The van der Waals surface area contributed by atoms with Gasteiger partial charge in [-0.1, -0.05) is 18.2 Å². The highest BCUT2D eigenvalue weighted by molar-refractivity contribution is 6.05. The monoisotopic (exact) mass is 261 g/mol. The van der Waals surface area contributed by atoms with Crippen LogP contribution in [-0.4, -0.2) is 24.9 Å². The first kappa shape index (κ1) is 13.6. The highest BCUT2D eigenvalue weighted by atomic mass is 16.5. The molecule has 1 fully saturated rings. The lowest BCUT2D eigenvalue weighted by molar-refractivity contribution is -0.157. The summed E-state index contributed by atoms with van der Waals surface area (Å²) >= 11 is 0. The Labute approximate surface area is 113 Å². The van der Waals surface area contributed by atoms with Crippen LogP contribution in [0.3, 0.4) is 0 Å². The van der Waals surface area contributed by atoms with E-state index in [4.69, 9.17) is 4.74 Å². The second kappa shape index (κ2) is 5.87. The number of rotatable bonds is 5. The van der Waals surface area contributed by atoms with E-state index in [0.717, 1.165) is 12.1 Å². The predicted octanol–water partition coefficient (Wildman–Crippen LogP) is 2.40. The lowest BCUT2D eigenvalue weighted by atomic mass is 9.85. The van der Waals surface area contributed by atoms with Crippen LogP contribution in [0.4, 0.5) is 5.69 Å². The van der Waals surface area contributed by atoms with Crippen molar-refractivity contribution >= 4 is 17.4 Å². The maximum atomic E-state index is 12.1. The summed E-state index contributed by atoms with van der Waals surface area (Å²) < 4.78 is 5.09. The largest absolute Gasteiger partial charge is 0.465 e. The third-order valence-electron chi connectivity index (χ3n) is 3.58.